The Bertz CT molecular complexity index is 2710. The van der Waals surface area contributed by atoms with Gasteiger partial charge < -0.3 is 106 Å². The first-order chi connectivity index (χ1) is 48.5. The summed E-state index contributed by atoms with van der Waals surface area (Å²) in [5.41, 5.74) is 12.7. The Labute approximate surface area is 593 Å². The number of hydrogen-bond acceptors (Lipinski definition) is 21. The number of ether oxygens (including phenoxy) is 10. The molecular weight excluding hydrogens is 1320 g/mol. The van der Waals surface area contributed by atoms with Gasteiger partial charge >= 0.3 is 18.0 Å². The van der Waals surface area contributed by atoms with E-state index in [0.717, 1.165) is 18.4 Å². The van der Waals surface area contributed by atoms with Crippen LogP contribution in [0.25, 0.3) is 0 Å². The first-order valence-corrected chi connectivity index (χ1v) is 34.7. The Balaban J connectivity index is 1.61. The van der Waals surface area contributed by atoms with E-state index in [2.05, 4.69) is 56.4 Å². The molecule has 0 aliphatic rings. The van der Waals surface area contributed by atoms with Gasteiger partial charge in [0.25, 0.3) is 6.47 Å². The molecule has 4 atom stereocenters. The lowest BCUT2D eigenvalue weighted by atomic mass is 10.0. The molecule has 2 unspecified atom stereocenters. The van der Waals surface area contributed by atoms with Gasteiger partial charge in [-0.3, -0.25) is 43.2 Å². The fourth-order valence-electron chi connectivity index (χ4n) is 9.26. The Morgan fingerprint density at radius 3 is 1.16 bits per heavy atom. The van der Waals surface area contributed by atoms with E-state index in [0.29, 0.717) is 128 Å². The molecule has 32 nitrogen and oxygen atoms in total. The van der Waals surface area contributed by atoms with E-state index in [1.54, 1.807) is 88.0 Å². The quantitative estimate of drug-likeness (QED) is 0.0258. The topological polar surface area (TPSA) is 432 Å². The molecule has 0 saturated heterocycles. The Hall–Kier alpha value is -8.11. The van der Waals surface area contributed by atoms with E-state index in [4.69, 9.17) is 58.8 Å². The minimum absolute atomic E-state index is 0.0267. The van der Waals surface area contributed by atoms with Crippen molar-refractivity contribution in [3.63, 3.8) is 0 Å². The highest BCUT2D eigenvalue weighted by atomic mass is 16.6. The van der Waals surface area contributed by atoms with Gasteiger partial charge in [0.05, 0.1) is 106 Å². The van der Waals surface area contributed by atoms with Gasteiger partial charge in [0.2, 0.25) is 41.4 Å². The van der Waals surface area contributed by atoms with Crippen LogP contribution in [0.3, 0.4) is 0 Å². The molecule has 2 aromatic rings. The molecule has 11 amide bonds. The molecule has 0 aliphatic carbocycles. The monoisotopic (exact) mass is 1430 g/mol. The molecule has 0 aliphatic heterocycles. The van der Waals surface area contributed by atoms with Crippen LogP contribution in [-0.4, -0.2) is 227 Å². The predicted octanol–water partition coefficient (Wildman–Crippen LogP) is 3.11. The smallest absolute Gasteiger partial charge is 0.312 e. The third kappa shape index (κ3) is 44.7. The number of benzene rings is 2. The Morgan fingerprint density at radius 1 is 0.446 bits per heavy atom. The average molecular weight is 1430 g/mol. The van der Waals surface area contributed by atoms with Crippen molar-refractivity contribution in [2.45, 2.75) is 150 Å². The highest BCUT2D eigenvalue weighted by Crippen LogP contribution is 2.16. The summed E-state index contributed by atoms with van der Waals surface area (Å²) in [6, 6.07) is 7.85. The third-order valence-corrected chi connectivity index (χ3v) is 14.9. The van der Waals surface area contributed by atoms with Gasteiger partial charge in [-0.15, -0.1) is 0 Å². The number of anilines is 2. The van der Waals surface area contributed by atoms with Crippen LogP contribution >= 0.6 is 0 Å². The van der Waals surface area contributed by atoms with Crippen LogP contribution in [0.2, 0.25) is 0 Å². The first kappa shape index (κ1) is 89.0. The molecule has 0 spiro atoms. The molecule has 0 bridgehead atoms. The Kier molecular flexibility index (Phi) is 48.9. The summed E-state index contributed by atoms with van der Waals surface area (Å²) in [7, 11) is 0. The van der Waals surface area contributed by atoms with Crippen LogP contribution in [0.4, 0.5) is 21.0 Å². The molecule has 101 heavy (non-hydrogen) atoms. The Morgan fingerprint density at radius 2 is 0.812 bits per heavy atom. The van der Waals surface area contributed by atoms with Crippen molar-refractivity contribution in [3.05, 3.63) is 59.7 Å². The number of nitrogens with zero attached hydrogens (tertiary/aromatic N) is 1. The number of amides is 11. The highest BCUT2D eigenvalue weighted by Gasteiger charge is 2.31. The van der Waals surface area contributed by atoms with Gasteiger partial charge in [0.1, 0.15) is 37.4 Å². The van der Waals surface area contributed by atoms with Crippen molar-refractivity contribution < 1.29 is 100 Å². The van der Waals surface area contributed by atoms with Gasteiger partial charge in [0.15, 0.2) is 0 Å². The fraction of sp³-hybridized carbons (Fsp3) is 0.667. The molecule has 0 heterocycles. The van der Waals surface area contributed by atoms with Gasteiger partial charge in [-0.1, -0.05) is 79.2 Å². The van der Waals surface area contributed by atoms with E-state index in [1.807, 2.05) is 0 Å². The lowest BCUT2D eigenvalue weighted by Gasteiger charge is -2.25. The van der Waals surface area contributed by atoms with Crippen molar-refractivity contribution in [2.24, 2.45) is 29.2 Å². The predicted molar refractivity (Wildman–Crippen MR) is 373 cm³/mol. The lowest BCUT2D eigenvalue weighted by molar-refractivity contribution is -0.144. The van der Waals surface area contributed by atoms with Crippen molar-refractivity contribution in [1.82, 2.24) is 36.8 Å². The molecule has 12 N–H and O–H groups in total. The minimum atomic E-state index is -1.03. The second-order valence-electron chi connectivity index (χ2n) is 24.4. The highest BCUT2D eigenvalue weighted by molar-refractivity contribution is 5.99. The van der Waals surface area contributed by atoms with Crippen molar-refractivity contribution in [1.29, 1.82) is 0 Å². The number of nitrogens with two attached hydrogens (primary N) is 2. The summed E-state index contributed by atoms with van der Waals surface area (Å²) < 4.78 is 55.1. The van der Waals surface area contributed by atoms with Gasteiger partial charge in [-0.05, 0) is 85.3 Å². The molecular formula is C69H113N11O21. The zero-order chi connectivity index (χ0) is 74.4. The average Bonchev–Trinajstić information content (AvgIpc) is 0.903. The largest absolute Gasteiger partial charge is 0.463 e. The zero-order valence-electron chi connectivity index (χ0n) is 60.0. The standard InChI is InChI=1S/C69H113N11O21/c1-8-61(85)101-47-53-18-22-55(23-19-53)75-65(87)57(14-11-27-73-69(71)91)77-67(89)63(51(6)7)79-59(83)25-31-93-35-39-97-43-45-99-41-37-95-33-29-80(60(84)15-9-12-49(2)3)28-32-94-36-40-98-44-42-96-38-34-92-30-24-58(82)78-62(50(4)5)66(88)76-56(13-10-26-72-68(70)90)64(86)74-54-20-16-52(17-21-54)46-100-48-81/h16-23,48-51,56-57,62-63H,8-15,24-47H2,1-7H3,(H,74,86)(H,75,87)(H,76,88)(H,77,89)(H,78,82)(H,79,83)(H3,70,72,90)(H3,71,73,91)/t56?,57?,62-,63-/m0/s1. The normalized spacial score (nSPS) is 12.3. The van der Waals surface area contributed by atoms with Crippen molar-refractivity contribution in [3.8, 4) is 0 Å². The number of esters is 1. The fourth-order valence-corrected chi connectivity index (χ4v) is 9.26. The molecule has 0 saturated carbocycles. The minimum Gasteiger partial charge on any atom is -0.463 e. The molecule has 2 aromatic carbocycles. The molecule has 0 aromatic heterocycles. The molecule has 2 rings (SSSR count). The van der Waals surface area contributed by atoms with Crippen LogP contribution in [0.1, 0.15) is 124 Å². The van der Waals surface area contributed by atoms with E-state index < -0.39 is 71.7 Å². The number of urea groups is 2. The van der Waals surface area contributed by atoms with E-state index in [-0.39, 0.29) is 122 Å². The van der Waals surface area contributed by atoms with Crippen LogP contribution < -0.4 is 54.0 Å². The number of carbonyl (C=O) groups excluding carboxylic acids is 11. The van der Waals surface area contributed by atoms with E-state index in [9.17, 15) is 52.7 Å². The maximum Gasteiger partial charge on any atom is 0.312 e. The summed E-state index contributed by atoms with van der Waals surface area (Å²) in [4.78, 5) is 139. The number of carbonyl (C=O) groups is 11. The van der Waals surface area contributed by atoms with Gasteiger partial charge in [-0.25, -0.2) is 9.59 Å². The summed E-state index contributed by atoms with van der Waals surface area (Å²) in [6.45, 7) is 18.7. The summed E-state index contributed by atoms with van der Waals surface area (Å²) in [6.07, 6.45) is 3.25. The van der Waals surface area contributed by atoms with Gasteiger partial charge in [-0.2, -0.15) is 0 Å². The molecule has 32 heteroatoms. The second-order valence-corrected chi connectivity index (χ2v) is 24.4. The molecule has 0 fully saturated rings. The lowest BCUT2D eigenvalue weighted by Crippen LogP contribution is -2.54. The maximum absolute atomic E-state index is 13.6. The number of rotatable bonds is 60. The number of hydrogen-bond donors (Lipinski definition) is 10. The number of nitrogens with one attached hydrogen (secondary N) is 8. The van der Waals surface area contributed by atoms with Crippen molar-refractivity contribution >= 4 is 77.2 Å². The third-order valence-electron chi connectivity index (χ3n) is 14.9. The summed E-state index contributed by atoms with van der Waals surface area (Å²) in [5.74, 6) is -3.52. The van der Waals surface area contributed by atoms with Crippen LogP contribution in [0.5, 0.6) is 0 Å². The maximum atomic E-state index is 13.6. The SMILES string of the molecule is CCC(=O)OCc1ccc(NC(=O)C(CCCNC(N)=O)NC(=O)[C@@H](NC(=O)CCOCCOCCOCCOCCN(CCOCCOCCOCCOCCC(=O)N[C@H](C(=O)NC(CCCNC(N)=O)C(=O)Nc2ccc(COC=O)cc2)C(C)C)C(=O)CCCC(C)C)C(C)C)cc1. The zero-order valence-corrected chi connectivity index (χ0v) is 60.0. The molecule has 0 radical (unpaired) electrons. The van der Waals surface area contributed by atoms with Crippen LogP contribution in [0.15, 0.2) is 48.5 Å². The summed E-state index contributed by atoms with van der Waals surface area (Å²) in [5, 5.41) is 21.4. The van der Waals surface area contributed by atoms with Gasteiger partial charge in [0, 0.05) is 63.2 Å². The van der Waals surface area contributed by atoms with E-state index >= 15 is 0 Å². The number of primary amides is 2. The van der Waals surface area contributed by atoms with Crippen LogP contribution in [0, 0.1) is 17.8 Å². The molecule has 570 valence electrons. The van der Waals surface area contributed by atoms with Crippen LogP contribution in [-0.2, 0) is 104 Å². The second kappa shape index (κ2) is 55.6. The summed E-state index contributed by atoms with van der Waals surface area (Å²) >= 11 is 0. The van der Waals surface area contributed by atoms with Crippen molar-refractivity contribution in [2.75, 3.05) is 143 Å². The first-order valence-electron chi connectivity index (χ1n) is 34.7. The van der Waals surface area contributed by atoms with E-state index in [1.165, 1.54) is 0 Å².